The average Bonchev–Trinajstić information content (AvgIpc) is 4.18. The number of nitrogens with zero attached hydrogens (tertiary/aromatic N) is 10. The number of H-pyrrole nitrogens is 2. The smallest absolute Gasteiger partial charge is 0.313 e. The number of nitrogens with two attached hydrogens (primary N) is 2. The Bertz CT molecular complexity index is 3490. The normalized spacial score (nSPS) is 30.2. The van der Waals surface area contributed by atoms with Gasteiger partial charge in [-0.2, -0.15) is 0 Å². The number of imidazole rings is 3. The zero-order chi connectivity index (χ0) is 55.0. The summed E-state index contributed by atoms with van der Waals surface area (Å²) in [6, 6.07) is 0. The first kappa shape index (κ1) is 55.8. The number of ether oxygens (including phenoxy) is 5. The molecule has 3 fully saturated rings. The van der Waals surface area contributed by atoms with Crippen molar-refractivity contribution in [3.8, 4) is 0 Å². The van der Waals surface area contributed by atoms with E-state index in [-0.39, 0.29) is 51.1 Å². The van der Waals surface area contributed by atoms with Crippen LogP contribution in [0, 0.1) is 6.92 Å². The van der Waals surface area contributed by atoms with Gasteiger partial charge in [-0.1, -0.05) is 4.98 Å². The lowest BCUT2D eigenvalue weighted by atomic mass is 10.1. The molecule has 0 aromatic carbocycles. The lowest BCUT2D eigenvalue weighted by molar-refractivity contribution is -0.745. The molecule has 0 saturated carbocycles. The first-order valence-electron chi connectivity index (χ1n) is 21.7. The topological polar surface area (TPSA) is 537 Å². The SMILES string of the molecule is COC1[C@@H](OP(=O)([O-])OC[C@H]2O[C@@H](n3cnc4c(=O)[nH]c(C)nc43)C(O)[C@H]2O)[C@@H](COP(=O)([O-])OP(=O)([O-])OP(=O)([O-])OC[C@H]2O[C@@H]([n+]3cn(C)c4c(=O)[nH]c(N)nc43)[C@@H](O)C2OC)O[C@H]1n1cnc2c(N)ncnc21. The Kier molecular flexibility index (Phi) is 15.4. The summed E-state index contributed by atoms with van der Waals surface area (Å²) >= 11 is 0. The molecule has 416 valence electrons. The molecule has 7 unspecified atom stereocenters. The van der Waals surface area contributed by atoms with Crippen LogP contribution in [0.25, 0.3) is 33.5 Å². The van der Waals surface area contributed by atoms with Crippen LogP contribution in [0.1, 0.15) is 24.5 Å². The highest BCUT2D eigenvalue weighted by Gasteiger charge is 2.52. The predicted octanol–water partition coefficient (Wildman–Crippen LogP) is -5.86. The standard InChI is InChI=1S/C34H46N14O24P4/c1-12-41-27-17(29(52)42-12)40-10-47(27)31-20(50)19(49)13(67-31)5-64-73(54,55)70-23-15(69-33(24(23)63-4)46-9-39-16-25(35)37-8-38-26(16)46)7-66-75(58,59)72-76(60,61)71-74(56,57)65-6-14-22(62-3)21(51)32(68-14)48-11-45(2)18-28(48)43-34(36)44-30(18)53/h8-11,13-15,19-24,31-33,49-51H,5-7H2,1-4H3,(H9-,35,36,37,38,41,42,43,44,52,53,54,55,56,57,58,59,60,61)/p-3/t13-,14-,15-,19+,20?,21+,22?,23+,24?,31-,32-,33-/m1/s1. The second-order valence-corrected chi connectivity index (χ2v) is 22.7. The number of nitrogen functional groups attached to an aromatic ring is 2. The number of fused-ring (bicyclic) bond motifs is 3. The highest BCUT2D eigenvalue weighted by molar-refractivity contribution is 7.65. The Morgan fingerprint density at radius 1 is 0.697 bits per heavy atom. The van der Waals surface area contributed by atoms with Crippen molar-refractivity contribution in [2.24, 2.45) is 7.05 Å². The summed E-state index contributed by atoms with van der Waals surface area (Å²) in [4.78, 5) is 106. The highest BCUT2D eigenvalue weighted by atomic mass is 31.3. The zero-order valence-electron chi connectivity index (χ0n) is 39.2. The van der Waals surface area contributed by atoms with Crippen molar-refractivity contribution in [2.45, 2.75) is 80.5 Å². The van der Waals surface area contributed by atoms with Crippen molar-refractivity contribution in [3.05, 3.63) is 51.8 Å². The van der Waals surface area contributed by atoms with Crippen molar-refractivity contribution in [2.75, 3.05) is 45.5 Å². The second kappa shape index (κ2) is 21.0. The van der Waals surface area contributed by atoms with Crippen LogP contribution in [-0.4, -0.2) is 158 Å². The Morgan fingerprint density at radius 3 is 1.95 bits per heavy atom. The van der Waals surface area contributed by atoms with E-state index in [9.17, 15) is 62.7 Å². The monoisotopic (exact) mass is 1160 g/mol. The summed E-state index contributed by atoms with van der Waals surface area (Å²) in [5.41, 5.74) is 10.1. The van der Waals surface area contributed by atoms with Gasteiger partial charge in [0, 0.05) is 14.2 Å². The molecule has 6 aromatic rings. The minimum Gasteiger partial charge on any atom is -0.756 e. The van der Waals surface area contributed by atoms with Crippen LogP contribution < -0.4 is 46.7 Å². The van der Waals surface area contributed by atoms with Crippen molar-refractivity contribution < 1.29 is 108 Å². The minimum absolute atomic E-state index is 0.000498. The third-order valence-corrected chi connectivity index (χ3v) is 17.0. The van der Waals surface area contributed by atoms with Crippen molar-refractivity contribution in [1.29, 1.82) is 0 Å². The molecule has 76 heavy (non-hydrogen) atoms. The summed E-state index contributed by atoms with van der Waals surface area (Å²) < 4.78 is 113. The van der Waals surface area contributed by atoms with Gasteiger partial charge in [0.2, 0.25) is 11.7 Å². The molecule has 0 aliphatic carbocycles. The molecule has 0 radical (unpaired) electrons. The number of aromatic nitrogens is 12. The fraction of sp³-hybridized carbons (Fsp3) is 0.559. The molecule has 9 heterocycles. The van der Waals surface area contributed by atoms with E-state index in [4.69, 9.17) is 48.7 Å². The molecule has 6 aromatic heterocycles. The zero-order valence-corrected chi connectivity index (χ0v) is 42.8. The van der Waals surface area contributed by atoms with Gasteiger partial charge in [-0.15, -0.1) is 0 Å². The van der Waals surface area contributed by atoms with Gasteiger partial charge in [-0.25, -0.2) is 38.1 Å². The molecule has 38 nitrogen and oxygen atoms in total. The van der Waals surface area contributed by atoms with Gasteiger partial charge in [0.25, 0.3) is 48.4 Å². The van der Waals surface area contributed by atoms with E-state index >= 15 is 0 Å². The Balaban J connectivity index is 0.866. The molecule has 0 amide bonds. The number of aryl methyl sites for hydroxylation is 2. The number of anilines is 2. The van der Waals surface area contributed by atoms with E-state index < -0.39 is 136 Å². The van der Waals surface area contributed by atoms with Crippen LogP contribution in [-0.2, 0) is 75.7 Å². The summed E-state index contributed by atoms with van der Waals surface area (Å²) in [5, 5.41) is 32.8. The summed E-state index contributed by atoms with van der Waals surface area (Å²) in [7, 11) is -21.1. The van der Waals surface area contributed by atoms with Crippen LogP contribution in [0.2, 0.25) is 0 Å². The molecule has 16 atom stereocenters. The lowest BCUT2D eigenvalue weighted by Crippen LogP contribution is -2.46. The van der Waals surface area contributed by atoms with Gasteiger partial charge >= 0.3 is 5.65 Å². The number of hydrogen-bond acceptors (Lipinski definition) is 32. The third kappa shape index (κ3) is 11.1. The number of phosphoric ester groups is 3. The van der Waals surface area contributed by atoms with Crippen LogP contribution in [0.5, 0.6) is 0 Å². The van der Waals surface area contributed by atoms with Crippen molar-refractivity contribution >= 4 is 76.5 Å². The third-order valence-electron chi connectivity index (χ3n) is 11.9. The highest BCUT2D eigenvalue weighted by Crippen LogP contribution is 2.63. The molecule has 0 spiro atoms. The van der Waals surface area contributed by atoms with E-state index in [0.29, 0.717) is 0 Å². The average molecular weight is 1160 g/mol. The van der Waals surface area contributed by atoms with Gasteiger partial charge in [0.1, 0.15) is 72.6 Å². The number of aromatic amines is 2. The van der Waals surface area contributed by atoms with E-state index in [2.05, 4.69) is 53.0 Å². The van der Waals surface area contributed by atoms with E-state index in [1.807, 2.05) is 0 Å². The summed E-state index contributed by atoms with van der Waals surface area (Å²) in [6.07, 6.45) is -15.1. The number of phosphoric acid groups is 4. The number of aliphatic hydroxyl groups is 3. The molecular weight excluding hydrogens is 1110 g/mol. The molecule has 3 saturated heterocycles. The van der Waals surface area contributed by atoms with Crippen LogP contribution >= 0.6 is 31.3 Å². The maximum Gasteiger partial charge on any atom is 0.313 e. The molecule has 9 rings (SSSR count). The summed E-state index contributed by atoms with van der Waals surface area (Å²) in [5.74, 6) is -0.230. The van der Waals surface area contributed by atoms with E-state index in [0.717, 1.165) is 42.3 Å². The first-order valence-corrected chi connectivity index (χ1v) is 27.5. The van der Waals surface area contributed by atoms with Crippen molar-refractivity contribution in [3.63, 3.8) is 0 Å². The Labute approximate surface area is 422 Å². The largest absolute Gasteiger partial charge is 0.756 e. The fourth-order valence-electron chi connectivity index (χ4n) is 8.63. The van der Waals surface area contributed by atoms with Crippen molar-refractivity contribution in [1.82, 2.24) is 53.6 Å². The molecule has 0 bridgehead atoms. The minimum atomic E-state index is -6.56. The molecular formula is C34H43N14O24P4-3. The molecule has 42 heteroatoms. The number of rotatable bonds is 20. The van der Waals surface area contributed by atoms with Gasteiger partial charge in [0.15, 0.2) is 41.4 Å². The first-order chi connectivity index (χ1) is 35.7. The summed E-state index contributed by atoms with van der Waals surface area (Å²) in [6.45, 7) is -2.07. The van der Waals surface area contributed by atoms with Gasteiger partial charge in [0.05, 0.1) is 39.5 Å². The Hall–Kier alpha value is -4.95. The quantitative estimate of drug-likeness (QED) is 0.0276. The Morgan fingerprint density at radius 2 is 1.29 bits per heavy atom. The fourth-order valence-corrected chi connectivity index (χ4v) is 13.0. The number of nitrogens with one attached hydrogen (secondary N) is 2. The van der Waals surface area contributed by atoms with Crippen LogP contribution in [0.15, 0.2) is 34.9 Å². The number of methoxy groups -OCH3 is 2. The van der Waals surface area contributed by atoms with E-state index in [1.165, 1.54) is 29.4 Å². The molecule has 3 aliphatic rings. The maximum absolute atomic E-state index is 13.6. The lowest BCUT2D eigenvalue weighted by Gasteiger charge is -2.35. The van der Waals surface area contributed by atoms with Gasteiger partial charge < -0.3 is 93.1 Å². The van der Waals surface area contributed by atoms with Crippen LogP contribution in [0.3, 0.4) is 0 Å². The molecule has 3 aliphatic heterocycles. The van der Waals surface area contributed by atoms with Gasteiger partial charge in [-0.05, 0) is 6.92 Å². The number of hydrogen-bond donors (Lipinski definition) is 7. The van der Waals surface area contributed by atoms with Gasteiger partial charge in [-0.3, -0.25) is 46.5 Å². The van der Waals surface area contributed by atoms with E-state index in [1.54, 1.807) is 0 Å². The maximum atomic E-state index is 13.6. The molecule has 9 N–H and O–H groups in total. The second-order valence-electron chi connectivity index (χ2n) is 16.8. The van der Waals surface area contributed by atoms with Crippen LogP contribution in [0.4, 0.5) is 11.8 Å². The predicted molar refractivity (Wildman–Crippen MR) is 235 cm³/mol. The number of aliphatic hydroxyl groups excluding tert-OH is 3.